The second kappa shape index (κ2) is 9.53. The molecule has 0 spiro atoms. The first-order valence-electron chi connectivity index (χ1n) is 14.2. The molecule has 7 heteroatoms. The molecule has 198 valence electrons. The SMILES string of the molecule is O=C1CCC(N2Cc3c(SCc4ccc(CNC56CC7CC(CC(C7)C5)C6)cc4)cccc3C2=O)C(=O)N1. The number of thioether (sulfide) groups is 1. The fraction of sp³-hybridized carbons (Fsp3) is 0.516. The van der Waals surface area contributed by atoms with Gasteiger partial charge in [-0.1, -0.05) is 30.3 Å². The predicted octanol–water partition coefficient (Wildman–Crippen LogP) is 4.80. The van der Waals surface area contributed by atoms with Crippen LogP contribution in [0.15, 0.2) is 47.4 Å². The second-order valence-corrected chi connectivity index (χ2v) is 13.4. The number of fused-ring (bicyclic) bond motifs is 1. The molecule has 2 aromatic rings. The third kappa shape index (κ3) is 4.47. The molecule has 4 saturated carbocycles. The van der Waals surface area contributed by atoms with E-state index in [4.69, 9.17) is 0 Å². The van der Waals surface area contributed by atoms with E-state index in [-0.39, 0.29) is 24.1 Å². The number of carbonyl (C=O) groups is 3. The molecule has 4 aliphatic carbocycles. The molecule has 2 heterocycles. The first kappa shape index (κ1) is 24.4. The second-order valence-electron chi connectivity index (χ2n) is 12.3. The van der Waals surface area contributed by atoms with Crippen molar-refractivity contribution in [1.29, 1.82) is 0 Å². The van der Waals surface area contributed by atoms with Crippen molar-refractivity contribution in [1.82, 2.24) is 15.5 Å². The molecule has 1 unspecified atom stereocenters. The quantitative estimate of drug-likeness (QED) is 0.398. The van der Waals surface area contributed by atoms with Crippen molar-refractivity contribution in [3.05, 3.63) is 64.7 Å². The Bertz CT molecular complexity index is 1250. The Hall–Kier alpha value is -2.64. The Morgan fingerprint density at radius 1 is 0.921 bits per heavy atom. The van der Waals surface area contributed by atoms with E-state index in [9.17, 15) is 14.4 Å². The lowest BCUT2D eigenvalue weighted by Gasteiger charge is -2.57. The summed E-state index contributed by atoms with van der Waals surface area (Å²) in [5, 5.41) is 6.38. The van der Waals surface area contributed by atoms with Crippen molar-refractivity contribution in [2.24, 2.45) is 17.8 Å². The monoisotopic (exact) mass is 529 g/mol. The van der Waals surface area contributed by atoms with Crippen LogP contribution in [-0.2, 0) is 28.4 Å². The maximum Gasteiger partial charge on any atom is 0.255 e. The molecule has 6 nitrogen and oxygen atoms in total. The molecular formula is C31H35N3O3S. The summed E-state index contributed by atoms with van der Waals surface area (Å²) in [6, 6.07) is 14.2. The predicted molar refractivity (Wildman–Crippen MR) is 146 cm³/mol. The third-order valence-electron chi connectivity index (χ3n) is 9.66. The molecule has 1 saturated heterocycles. The normalized spacial score (nSPS) is 31.6. The Kier molecular flexibility index (Phi) is 6.12. The molecule has 6 aliphatic rings. The minimum absolute atomic E-state index is 0.118. The van der Waals surface area contributed by atoms with Gasteiger partial charge in [-0.25, -0.2) is 0 Å². The van der Waals surface area contributed by atoms with Crippen LogP contribution in [0.1, 0.15) is 78.4 Å². The van der Waals surface area contributed by atoms with E-state index < -0.39 is 6.04 Å². The van der Waals surface area contributed by atoms with Crippen molar-refractivity contribution in [2.45, 2.75) is 86.7 Å². The van der Waals surface area contributed by atoms with Crippen LogP contribution < -0.4 is 10.6 Å². The number of imide groups is 1. The van der Waals surface area contributed by atoms with Gasteiger partial charge in [-0.3, -0.25) is 19.7 Å². The molecular weight excluding hydrogens is 494 g/mol. The molecule has 3 amide bonds. The van der Waals surface area contributed by atoms with Gasteiger partial charge in [0, 0.05) is 41.3 Å². The van der Waals surface area contributed by atoms with Gasteiger partial charge < -0.3 is 10.2 Å². The van der Waals surface area contributed by atoms with Crippen LogP contribution in [0.3, 0.4) is 0 Å². The molecule has 1 atom stereocenters. The minimum Gasteiger partial charge on any atom is -0.322 e. The number of hydrogen-bond acceptors (Lipinski definition) is 5. The van der Waals surface area contributed by atoms with Gasteiger partial charge in [-0.2, -0.15) is 0 Å². The highest BCUT2D eigenvalue weighted by atomic mass is 32.2. The van der Waals surface area contributed by atoms with E-state index in [2.05, 4.69) is 41.0 Å². The van der Waals surface area contributed by atoms with E-state index in [0.717, 1.165) is 40.5 Å². The highest BCUT2D eigenvalue weighted by molar-refractivity contribution is 7.98. The van der Waals surface area contributed by atoms with Gasteiger partial charge in [0.15, 0.2) is 0 Å². The van der Waals surface area contributed by atoms with Crippen LogP contribution in [0, 0.1) is 17.8 Å². The topological polar surface area (TPSA) is 78.5 Å². The van der Waals surface area contributed by atoms with Gasteiger partial charge in [-0.05, 0) is 91.5 Å². The zero-order chi connectivity index (χ0) is 25.9. The van der Waals surface area contributed by atoms with Crippen LogP contribution in [0.25, 0.3) is 0 Å². The summed E-state index contributed by atoms with van der Waals surface area (Å²) in [5.74, 6) is 2.95. The van der Waals surface area contributed by atoms with Crippen molar-refractivity contribution in [3.63, 3.8) is 0 Å². The standard InChI is InChI=1S/C31H35N3O3S/c35-28-9-8-26(29(36)33-28)34-17-25-24(30(34)37)2-1-3-27(25)38-18-20-6-4-19(5-7-20)16-32-31-13-21-10-22(14-31)12-23(11-21)15-31/h1-7,21-23,26,32H,8-18H2,(H,33,35,36). The van der Waals surface area contributed by atoms with Gasteiger partial charge in [0.2, 0.25) is 11.8 Å². The lowest BCUT2D eigenvalue weighted by molar-refractivity contribution is -0.136. The van der Waals surface area contributed by atoms with Crippen molar-refractivity contribution in [2.75, 3.05) is 0 Å². The Labute approximate surface area is 228 Å². The largest absolute Gasteiger partial charge is 0.322 e. The van der Waals surface area contributed by atoms with Crippen LogP contribution >= 0.6 is 11.8 Å². The number of hydrogen-bond donors (Lipinski definition) is 2. The summed E-state index contributed by atoms with van der Waals surface area (Å²) < 4.78 is 0. The maximum atomic E-state index is 13.1. The summed E-state index contributed by atoms with van der Waals surface area (Å²) in [4.78, 5) is 39.7. The van der Waals surface area contributed by atoms with E-state index in [1.807, 2.05) is 12.1 Å². The van der Waals surface area contributed by atoms with E-state index in [1.165, 1.54) is 49.7 Å². The van der Waals surface area contributed by atoms with Gasteiger partial charge in [-0.15, -0.1) is 11.8 Å². The molecule has 2 aliphatic heterocycles. The van der Waals surface area contributed by atoms with E-state index in [0.29, 0.717) is 24.1 Å². The molecule has 2 aromatic carbocycles. The summed E-state index contributed by atoms with van der Waals surface area (Å²) >= 11 is 1.74. The Balaban J connectivity index is 0.973. The van der Waals surface area contributed by atoms with E-state index in [1.54, 1.807) is 16.7 Å². The summed E-state index contributed by atoms with van der Waals surface area (Å²) in [5.41, 5.74) is 4.66. The first-order chi connectivity index (χ1) is 18.4. The van der Waals surface area contributed by atoms with Crippen LogP contribution in [0.5, 0.6) is 0 Å². The van der Waals surface area contributed by atoms with Crippen LogP contribution in [0.4, 0.5) is 0 Å². The fourth-order valence-electron chi connectivity index (χ4n) is 8.22. The van der Waals surface area contributed by atoms with Crippen LogP contribution in [-0.4, -0.2) is 34.2 Å². The lowest BCUT2D eigenvalue weighted by Crippen LogP contribution is -2.58. The molecule has 2 N–H and O–H groups in total. The number of rotatable bonds is 7. The number of nitrogens with zero attached hydrogens (tertiary/aromatic N) is 1. The Morgan fingerprint density at radius 3 is 2.29 bits per heavy atom. The molecule has 0 aromatic heterocycles. The number of piperidine rings is 1. The average Bonchev–Trinajstić information content (AvgIpc) is 3.23. The van der Waals surface area contributed by atoms with E-state index >= 15 is 0 Å². The number of amides is 3. The summed E-state index contributed by atoms with van der Waals surface area (Å²) in [6.07, 6.45) is 9.20. The van der Waals surface area contributed by atoms with Crippen molar-refractivity contribution >= 4 is 29.5 Å². The minimum atomic E-state index is -0.579. The zero-order valence-corrected chi connectivity index (χ0v) is 22.5. The van der Waals surface area contributed by atoms with Gasteiger partial charge in [0.25, 0.3) is 5.91 Å². The fourth-order valence-corrected chi connectivity index (χ4v) is 9.26. The molecule has 0 radical (unpaired) electrons. The van der Waals surface area contributed by atoms with Gasteiger partial charge in [0.1, 0.15) is 6.04 Å². The first-order valence-corrected chi connectivity index (χ1v) is 15.2. The van der Waals surface area contributed by atoms with Crippen molar-refractivity contribution < 1.29 is 14.4 Å². The molecule has 38 heavy (non-hydrogen) atoms. The average molecular weight is 530 g/mol. The summed E-state index contributed by atoms with van der Waals surface area (Å²) in [7, 11) is 0. The van der Waals surface area contributed by atoms with Crippen LogP contribution in [0.2, 0.25) is 0 Å². The number of benzene rings is 2. The maximum absolute atomic E-state index is 13.1. The lowest BCUT2D eigenvalue weighted by atomic mass is 9.53. The smallest absolute Gasteiger partial charge is 0.255 e. The molecule has 4 bridgehead atoms. The number of nitrogens with one attached hydrogen (secondary N) is 2. The third-order valence-corrected chi connectivity index (χ3v) is 10.8. The molecule has 8 rings (SSSR count). The summed E-state index contributed by atoms with van der Waals surface area (Å²) in [6.45, 7) is 1.36. The Morgan fingerprint density at radius 2 is 1.61 bits per heavy atom. The van der Waals surface area contributed by atoms with Crippen molar-refractivity contribution in [3.8, 4) is 0 Å². The van der Waals surface area contributed by atoms with Gasteiger partial charge >= 0.3 is 0 Å². The molecule has 5 fully saturated rings. The highest BCUT2D eigenvalue weighted by Crippen LogP contribution is 2.55. The highest BCUT2D eigenvalue weighted by Gasteiger charge is 2.50. The number of carbonyl (C=O) groups excluding carboxylic acids is 3. The zero-order valence-electron chi connectivity index (χ0n) is 21.7. The van der Waals surface area contributed by atoms with Gasteiger partial charge in [0.05, 0.1) is 0 Å².